The van der Waals surface area contributed by atoms with Gasteiger partial charge in [0.15, 0.2) is 8.32 Å². The summed E-state index contributed by atoms with van der Waals surface area (Å²) in [5.41, 5.74) is 0.652. The number of aromatic nitrogens is 2. The molecular weight excluding hydrogens is 478 g/mol. The average molecular weight is 522 g/mol. The minimum Gasteiger partial charge on any atom is -0.444 e. The van der Waals surface area contributed by atoms with E-state index in [0.29, 0.717) is 13.0 Å². The number of likely N-dealkylation sites (tertiary alicyclic amines) is 1. The number of amides is 1. The molecule has 4 rings (SSSR count). The number of rotatable bonds is 5. The summed E-state index contributed by atoms with van der Waals surface area (Å²) in [6.45, 7) is 19.7. The van der Waals surface area contributed by atoms with Crippen molar-refractivity contribution in [2.24, 2.45) is 0 Å². The van der Waals surface area contributed by atoms with E-state index in [1.807, 2.05) is 38.1 Å². The van der Waals surface area contributed by atoms with E-state index >= 15 is 0 Å². The van der Waals surface area contributed by atoms with E-state index in [-0.39, 0.29) is 29.3 Å². The molecule has 1 amide bonds. The molecule has 2 heterocycles. The lowest BCUT2D eigenvalue weighted by Gasteiger charge is -2.38. The molecule has 0 spiro atoms. The molecule has 0 bridgehead atoms. The van der Waals surface area contributed by atoms with Crippen LogP contribution in [0.1, 0.15) is 78.4 Å². The molecule has 0 radical (unpaired) electrons. The molecule has 0 aliphatic carbocycles. The molecular formula is C30H43N3O3Si. The lowest BCUT2D eigenvalue weighted by Crippen LogP contribution is -2.45. The summed E-state index contributed by atoms with van der Waals surface area (Å²) in [6, 6.07) is 14.7. The highest BCUT2D eigenvalue weighted by molar-refractivity contribution is 6.74. The van der Waals surface area contributed by atoms with Crippen molar-refractivity contribution < 1.29 is 14.0 Å². The maximum Gasteiger partial charge on any atom is 0.411 e. The third-order valence-corrected chi connectivity index (χ3v) is 12.4. The highest BCUT2D eigenvalue weighted by atomic mass is 28.4. The first kappa shape index (κ1) is 27.4. The van der Waals surface area contributed by atoms with Gasteiger partial charge in [0, 0.05) is 25.4 Å². The molecule has 1 aliphatic heterocycles. The SMILES string of the molecule is C[C@H](c1cccc2ccccc12)n1ccnc1[C@@H]1C[C@@H](O[Si](C)(C)C(C)(C)C)CN1C(=O)OC(C)(C)C. The maximum absolute atomic E-state index is 13.4. The Morgan fingerprint density at radius 3 is 2.41 bits per heavy atom. The number of hydrogen-bond acceptors (Lipinski definition) is 4. The van der Waals surface area contributed by atoms with Gasteiger partial charge in [0.2, 0.25) is 0 Å². The number of carbonyl (C=O) groups excluding carboxylic acids is 1. The van der Waals surface area contributed by atoms with Gasteiger partial charge in [-0.3, -0.25) is 4.90 Å². The molecule has 1 aliphatic rings. The fourth-order valence-corrected chi connectivity index (χ4v) is 6.28. The van der Waals surface area contributed by atoms with Crippen LogP contribution in [0.25, 0.3) is 10.8 Å². The number of benzene rings is 2. The Morgan fingerprint density at radius 2 is 1.73 bits per heavy atom. The van der Waals surface area contributed by atoms with Crippen LogP contribution in [0.4, 0.5) is 4.79 Å². The van der Waals surface area contributed by atoms with Crippen LogP contribution in [0, 0.1) is 0 Å². The standard InChI is InChI=1S/C30H43N3O3Si/c1-21(24-16-12-14-22-13-10-11-15-25(22)24)32-18-17-31-27(32)26-19-23(36-37(8,9)30(5,6)7)20-33(26)28(34)35-29(2,3)4/h10-18,21,23,26H,19-20H2,1-9H3/t21-,23-,26+/m1/s1. The van der Waals surface area contributed by atoms with Gasteiger partial charge in [-0.15, -0.1) is 0 Å². The number of carbonyl (C=O) groups is 1. The van der Waals surface area contributed by atoms with Crippen LogP contribution in [0.3, 0.4) is 0 Å². The zero-order valence-electron chi connectivity index (χ0n) is 23.9. The highest BCUT2D eigenvalue weighted by Gasteiger charge is 2.46. The van der Waals surface area contributed by atoms with E-state index in [1.54, 1.807) is 0 Å². The molecule has 0 N–H and O–H groups in total. The highest BCUT2D eigenvalue weighted by Crippen LogP contribution is 2.42. The molecule has 1 fully saturated rings. The largest absolute Gasteiger partial charge is 0.444 e. The second-order valence-electron chi connectivity index (χ2n) is 12.8. The fraction of sp³-hybridized carbons (Fsp3) is 0.533. The van der Waals surface area contributed by atoms with E-state index in [9.17, 15) is 4.79 Å². The van der Waals surface area contributed by atoms with Crippen molar-refractivity contribution in [1.29, 1.82) is 0 Å². The van der Waals surface area contributed by atoms with Gasteiger partial charge in [0.05, 0.1) is 18.2 Å². The predicted octanol–water partition coefficient (Wildman–Crippen LogP) is 7.72. The molecule has 6 nitrogen and oxygen atoms in total. The summed E-state index contributed by atoms with van der Waals surface area (Å²) in [5, 5.41) is 2.53. The Kier molecular flexibility index (Phi) is 7.34. The van der Waals surface area contributed by atoms with Crippen LogP contribution in [0.15, 0.2) is 54.9 Å². The number of imidazole rings is 1. The van der Waals surface area contributed by atoms with Gasteiger partial charge in [-0.05, 0) is 62.2 Å². The molecule has 0 saturated carbocycles. The van der Waals surface area contributed by atoms with Crippen LogP contribution in [-0.2, 0) is 9.16 Å². The summed E-state index contributed by atoms with van der Waals surface area (Å²) in [4.78, 5) is 20.1. The number of hydrogen-bond donors (Lipinski definition) is 0. The maximum atomic E-state index is 13.4. The van der Waals surface area contributed by atoms with E-state index in [2.05, 4.69) is 87.8 Å². The summed E-state index contributed by atoms with van der Waals surface area (Å²) in [5.74, 6) is 0.868. The van der Waals surface area contributed by atoms with Gasteiger partial charge in [0.1, 0.15) is 11.4 Å². The Hall–Kier alpha value is -2.64. The number of fused-ring (bicyclic) bond motifs is 1. The van der Waals surface area contributed by atoms with Gasteiger partial charge in [-0.25, -0.2) is 9.78 Å². The topological polar surface area (TPSA) is 56.6 Å². The number of nitrogens with zero attached hydrogens (tertiary/aromatic N) is 3. The lowest BCUT2D eigenvalue weighted by atomic mass is 9.99. The molecule has 37 heavy (non-hydrogen) atoms. The first-order valence-electron chi connectivity index (χ1n) is 13.4. The summed E-state index contributed by atoms with van der Waals surface area (Å²) >= 11 is 0. The second kappa shape index (κ2) is 9.91. The van der Waals surface area contributed by atoms with Gasteiger partial charge in [-0.1, -0.05) is 63.2 Å². The van der Waals surface area contributed by atoms with Crippen molar-refractivity contribution in [2.75, 3.05) is 6.54 Å². The van der Waals surface area contributed by atoms with Gasteiger partial charge >= 0.3 is 6.09 Å². The summed E-state index contributed by atoms with van der Waals surface area (Å²) < 4.78 is 14.8. The molecule has 0 unspecified atom stereocenters. The van der Waals surface area contributed by atoms with Gasteiger partial charge in [-0.2, -0.15) is 0 Å². The third-order valence-electron chi connectivity index (χ3n) is 7.85. The van der Waals surface area contributed by atoms with Crippen molar-refractivity contribution in [3.05, 3.63) is 66.2 Å². The summed E-state index contributed by atoms with van der Waals surface area (Å²) in [6.07, 6.45) is 4.19. The number of ether oxygens (including phenoxy) is 1. The van der Waals surface area contributed by atoms with Crippen molar-refractivity contribution >= 4 is 25.2 Å². The normalized spacial score (nSPS) is 19.9. The fourth-order valence-electron chi connectivity index (χ4n) is 4.92. The van der Waals surface area contributed by atoms with Crippen molar-refractivity contribution in [3.8, 4) is 0 Å². The first-order valence-corrected chi connectivity index (χ1v) is 16.3. The zero-order chi connectivity index (χ0) is 27.2. The first-order chi connectivity index (χ1) is 17.2. The minimum atomic E-state index is -2.02. The van der Waals surface area contributed by atoms with Gasteiger partial charge in [0.25, 0.3) is 0 Å². The Bertz CT molecular complexity index is 1250. The Balaban J connectivity index is 1.69. The third kappa shape index (κ3) is 5.78. The van der Waals surface area contributed by atoms with E-state index in [0.717, 1.165) is 5.82 Å². The molecule has 3 aromatic rings. The monoisotopic (exact) mass is 521 g/mol. The van der Waals surface area contributed by atoms with Gasteiger partial charge < -0.3 is 13.7 Å². The molecule has 2 aromatic carbocycles. The molecule has 1 aromatic heterocycles. The van der Waals surface area contributed by atoms with Crippen molar-refractivity contribution in [3.63, 3.8) is 0 Å². The predicted molar refractivity (Wildman–Crippen MR) is 152 cm³/mol. The van der Waals surface area contributed by atoms with Crippen LogP contribution in [-0.4, -0.2) is 47.1 Å². The Labute approximate surface area is 223 Å². The van der Waals surface area contributed by atoms with Crippen LogP contribution in [0.5, 0.6) is 0 Å². The molecule has 3 atom stereocenters. The van der Waals surface area contributed by atoms with Crippen molar-refractivity contribution in [1.82, 2.24) is 14.5 Å². The summed E-state index contributed by atoms with van der Waals surface area (Å²) in [7, 11) is -2.02. The molecule has 1 saturated heterocycles. The quantitative estimate of drug-likeness (QED) is 0.323. The molecule has 7 heteroatoms. The van der Waals surface area contributed by atoms with E-state index in [4.69, 9.17) is 14.1 Å². The lowest BCUT2D eigenvalue weighted by molar-refractivity contribution is 0.0200. The zero-order valence-corrected chi connectivity index (χ0v) is 24.9. The Morgan fingerprint density at radius 1 is 1.05 bits per heavy atom. The second-order valence-corrected chi connectivity index (χ2v) is 17.6. The minimum absolute atomic E-state index is 0.0458. The van der Waals surface area contributed by atoms with E-state index < -0.39 is 13.9 Å². The average Bonchev–Trinajstić information content (AvgIpc) is 3.43. The smallest absolute Gasteiger partial charge is 0.411 e. The molecule has 200 valence electrons. The van der Waals surface area contributed by atoms with Crippen LogP contribution < -0.4 is 0 Å². The van der Waals surface area contributed by atoms with Crippen LogP contribution >= 0.6 is 0 Å². The van der Waals surface area contributed by atoms with Crippen LogP contribution in [0.2, 0.25) is 18.1 Å². The van der Waals surface area contributed by atoms with Crippen molar-refractivity contribution in [2.45, 2.75) is 96.8 Å². The van der Waals surface area contributed by atoms with E-state index in [1.165, 1.54) is 16.3 Å².